The summed E-state index contributed by atoms with van der Waals surface area (Å²) >= 11 is 0. The van der Waals surface area contributed by atoms with Crippen molar-refractivity contribution in [1.82, 2.24) is 5.01 Å². The maximum atomic E-state index is 4.70. The Labute approximate surface area is 182 Å². The molecule has 0 atom stereocenters. The minimum atomic E-state index is 1.08. The zero-order chi connectivity index (χ0) is 21.0. The Morgan fingerprint density at radius 3 is 1.45 bits per heavy atom. The maximum absolute atomic E-state index is 4.70. The van der Waals surface area contributed by atoms with Crippen LogP contribution in [-0.2, 0) is 0 Å². The van der Waals surface area contributed by atoms with Crippen molar-refractivity contribution in [3.8, 4) is 0 Å². The van der Waals surface area contributed by atoms with Gasteiger partial charge >= 0.3 is 0 Å². The van der Waals surface area contributed by atoms with Gasteiger partial charge in [-0.05, 0) is 18.4 Å². The summed E-state index contributed by atoms with van der Waals surface area (Å²) in [6.07, 6.45) is 23.8. The van der Waals surface area contributed by atoms with E-state index in [4.69, 9.17) is 5.10 Å². The Morgan fingerprint density at radius 1 is 0.621 bits per heavy atom. The second kappa shape index (κ2) is 18.7. The number of benzene rings is 1. The topological polar surface area (TPSA) is 15.6 Å². The van der Waals surface area contributed by atoms with Crippen molar-refractivity contribution in [2.45, 2.75) is 116 Å². The summed E-state index contributed by atoms with van der Waals surface area (Å²) in [5, 5.41) is 6.63. The number of hydrazone groups is 1. The SMILES string of the molecule is CCCCCCCCCCCCCCCCCCC(=NN(C)C)c1ccccc1. The molecule has 0 saturated heterocycles. The number of unbranched alkanes of at least 4 members (excludes halogenated alkanes) is 15. The van der Waals surface area contributed by atoms with E-state index in [1.54, 1.807) is 0 Å². The molecule has 166 valence electrons. The molecule has 2 heteroatoms. The Morgan fingerprint density at radius 2 is 1.03 bits per heavy atom. The van der Waals surface area contributed by atoms with Gasteiger partial charge in [0.2, 0.25) is 0 Å². The van der Waals surface area contributed by atoms with E-state index < -0.39 is 0 Å². The Bertz CT molecular complexity index is 493. The van der Waals surface area contributed by atoms with Gasteiger partial charge < -0.3 is 5.01 Å². The standard InChI is InChI=1S/C27H48N2/c1-4-5-6-7-8-9-10-11-12-13-14-15-16-17-18-22-25-27(28-29(2)3)26-23-20-19-21-24-26/h19-21,23-24H,4-18,22,25H2,1-3H3. The van der Waals surface area contributed by atoms with Gasteiger partial charge in [0.1, 0.15) is 0 Å². The fourth-order valence-corrected chi connectivity index (χ4v) is 3.96. The monoisotopic (exact) mass is 400 g/mol. The molecular weight excluding hydrogens is 352 g/mol. The zero-order valence-corrected chi connectivity index (χ0v) is 19.8. The molecule has 1 rings (SSSR count). The van der Waals surface area contributed by atoms with Gasteiger partial charge in [0.05, 0.1) is 5.71 Å². The third kappa shape index (κ3) is 15.2. The Balaban J connectivity index is 1.94. The van der Waals surface area contributed by atoms with E-state index in [0.717, 1.165) is 6.42 Å². The summed E-state index contributed by atoms with van der Waals surface area (Å²) in [7, 11) is 4.02. The quantitative estimate of drug-likeness (QED) is 0.129. The number of hydrogen-bond acceptors (Lipinski definition) is 2. The van der Waals surface area contributed by atoms with Crippen LogP contribution in [0.5, 0.6) is 0 Å². The molecule has 0 spiro atoms. The third-order valence-corrected chi connectivity index (χ3v) is 5.69. The van der Waals surface area contributed by atoms with E-state index in [9.17, 15) is 0 Å². The van der Waals surface area contributed by atoms with Crippen molar-refractivity contribution >= 4 is 5.71 Å². The Kier molecular flexibility index (Phi) is 16.6. The second-order valence-electron chi connectivity index (χ2n) is 8.81. The van der Waals surface area contributed by atoms with Crippen molar-refractivity contribution in [2.24, 2.45) is 5.10 Å². The lowest BCUT2D eigenvalue weighted by Crippen LogP contribution is -2.10. The van der Waals surface area contributed by atoms with Crippen molar-refractivity contribution in [3.05, 3.63) is 35.9 Å². The van der Waals surface area contributed by atoms with Crippen LogP contribution in [0.15, 0.2) is 35.4 Å². The van der Waals surface area contributed by atoms with Crippen LogP contribution in [-0.4, -0.2) is 24.8 Å². The average Bonchev–Trinajstić information content (AvgIpc) is 2.73. The molecule has 1 aromatic rings. The first-order chi connectivity index (χ1) is 14.2. The summed E-state index contributed by atoms with van der Waals surface area (Å²) < 4.78 is 0. The van der Waals surface area contributed by atoms with Crippen LogP contribution in [0.3, 0.4) is 0 Å². The molecule has 0 aliphatic rings. The van der Waals surface area contributed by atoms with E-state index >= 15 is 0 Å². The molecule has 0 amide bonds. The van der Waals surface area contributed by atoms with Crippen LogP contribution in [0, 0.1) is 0 Å². The summed E-state index contributed by atoms with van der Waals surface area (Å²) in [6.45, 7) is 2.29. The lowest BCUT2D eigenvalue weighted by atomic mass is 10.0. The molecule has 0 aliphatic carbocycles. The highest BCUT2D eigenvalue weighted by atomic mass is 15.4. The molecule has 2 nitrogen and oxygen atoms in total. The zero-order valence-electron chi connectivity index (χ0n) is 19.8. The van der Waals surface area contributed by atoms with Crippen molar-refractivity contribution in [3.63, 3.8) is 0 Å². The number of nitrogens with zero attached hydrogens (tertiary/aromatic N) is 2. The lowest BCUT2D eigenvalue weighted by molar-refractivity contribution is 0.436. The van der Waals surface area contributed by atoms with Gasteiger partial charge in [-0.1, -0.05) is 134 Å². The lowest BCUT2D eigenvalue weighted by Gasteiger charge is -2.11. The van der Waals surface area contributed by atoms with Crippen LogP contribution in [0.2, 0.25) is 0 Å². The predicted molar refractivity (Wildman–Crippen MR) is 131 cm³/mol. The molecular formula is C27H48N2. The second-order valence-corrected chi connectivity index (χ2v) is 8.81. The minimum Gasteiger partial charge on any atom is -0.303 e. The molecule has 0 N–H and O–H groups in total. The molecule has 1 aromatic carbocycles. The predicted octanol–water partition coefficient (Wildman–Crippen LogP) is 8.60. The first-order valence-corrected chi connectivity index (χ1v) is 12.5. The summed E-state index contributed by atoms with van der Waals surface area (Å²) in [5.41, 5.74) is 2.49. The molecule has 29 heavy (non-hydrogen) atoms. The van der Waals surface area contributed by atoms with Gasteiger partial charge in [-0.25, -0.2) is 0 Å². The van der Waals surface area contributed by atoms with E-state index in [1.807, 2.05) is 19.1 Å². The van der Waals surface area contributed by atoms with Gasteiger partial charge in [0, 0.05) is 14.1 Å². The fourth-order valence-electron chi connectivity index (χ4n) is 3.96. The largest absolute Gasteiger partial charge is 0.303 e. The van der Waals surface area contributed by atoms with E-state index in [0.29, 0.717) is 0 Å². The fraction of sp³-hybridized carbons (Fsp3) is 0.741. The molecule has 0 fully saturated rings. The van der Waals surface area contributed by atoms with E-state index in [1.165, 1.54) is 114 Å². The van der Waals surface area contributed by atoms with Crippen molar-refractivity contribution in [1.29, 1.82) is 0 Å². The van der Waals surface area contributed by atoms with Gasteiger partial charge in [-0.2, -0.15) is 5.10 Å². The van der Waals surface area contributed by atoms with Crippen LogP contribution in [0.25, 0.3) is 0 Å². The van der Waals surface area contributed by atoms with Gasteiger partial charge in [0.25, 0.3) is 0 Å². The average molecular weight is 401 g/mol. The van der Waals surface area contributed by atoms with Gasteiger partial charge in [-0.3, -0.25) is 0 Å². The normalized spacial score (nSPS) is 11.8. The smallest absolute Gasteiger partial charge is 0.0677 e. The molecule has 0 unspecified atom stereocenters. The highest BCUT2D eigenvalue weighted by Crippen LogP contribution is 2.15. The number of rotatable bonds is 19. The van der Waals surface area contributed by atoms with Crippen LogP contribution >= 0.6 is 0 Å². The molecule has 0 aliphatic heterocycles. The molecule has 0 saturated carbocycles. The van der Waals surface area contributed by atoms with Crippen molar-refractivity contribution < 1.29 is 0 Å². The van der Waals surface area contributed by atoms with E-state index in [-0.39, 0.29) is 0 Å². The molecule has 0 aromatic heterocycles. The Hall–Kier alpha value is -1.31. The van der Waals surface area contributed by atoms with Gasteiger partial charge in [0.15, 0.2) is 0 Å². The van der Waals surface area contributed by atoms with Crippen LogP contribution < -0.4 is 0 Å². The van der Waals surface area contributed by atoms with Gasteiger partial charge in [-0.15, -0.1) is 0 Å². The molecule has 0 radical (unpaired) electrons. The van der Waals surface area contributed by atoms with Crippen molar-refractivity contribution in [2.75, 3.05) is 14.1 Å². The maximum Gasteiger partial charge on any atom is 0.0677 e. The highest BCUT2D eigenvalue weighted by molar-refractivity contribution is 6.00. The third-order valence-electron chi connectivity index (χ3n) is 5.69. The number of hydrogen-bond donors (Lipinski definition) is 0. The molecule has 0 heterocycles. The summed E-state index contributed by atoms with van der Waals surface area (Å²) in [4.78, 5) is 0. The minimum absolute atomic E-state index is 1.08. The van der Waals surface area contributed by atoms with E-state index in [2.05, 4.69) is 37.3 Å². The first kappa shape index (κ1) is 25.7. The highest BCUT2D eigenvalue weighted by Gasteiger charge is 2.04. The van der Waals surface area contributed by atoms with Crippen LogP contribution in [0.4, 0.5) is 0 Å². The first-order valence-electron chi connectivity index (χ1n) is 12.5. The molecule has 0 bridgehead atoms. The summed E-state index contributed by atoms with van der Waals surface area (Å²) in [6, 6.07) is 10.6. The summed E-state index contributed by atoms with van der Waals surface area (Å²) in [5.74, 6) is 0. The van der Waals surface area contributed by atoms with Crippen LogP contribution in [0.1, 0.15) is 122 Å².